The molecule has 0 aliphatic carbocycles. The van der Waals surface area contributed by atoms with Gasteiger partial charge in [-0.25, -0.2) is 4.98 Å². The van der Waals surface area contributed by atoms with Crippen LogP contribution < -0.4 is 10.5 Å². The summed E-state index contributed by atoms with van der Waals surface area (Å²) in [5.41, 5.74) is 8.21. The molecule has 0 saturated carbocycles. The number of hydrogen-bond donors (Lipinski definition) is 1. The van der Waals surface area contributed by atoms with Crippen LogP contribution in [0.5, 0.6) is 5.75 Å². The average Bonchev–Trinajstić information content (AvgIpc) is 2.94. The van der Waals surface area contributed by atoms with Gasteiger partial charge in [0.2, 0.25) is 0 Å². The summed E-state index contributed by atoms with van der Waals surface area (Å²) < 4.78 is 7.00. The lowest BCUT2D eigenvalue weighted by Gasteiger charge is -2.14. The molecule has 0 saturated heterocycles. The van der Waals surface area contributed by atoms with E-state index in [9.17, 15) is 0 Å². The van der Waals surface area contributed by atoms with Crippen LogP contribution in [0.4, 0.5) is 0 Å². The van der Waals surface area contributed by atoms with Crippen LogP contribution >= 0.6 is 27.3 Å². The maximum Gasteiger partial charge on any atom is 0.131 e. The summed E-state index contributed by atoms with van der Waals surface area (Å²) in [7, 11) is 0. The third kappa shape index (κ3) is 4.80. The van der Waals surface area contributed by atoms with Gasteiger partial charge in [-0.15, -0.1) is 11.3 Å². The maximum atomic E-state index is 6.07. The predicted molar refractivity (Wildman–Crippen MR) is 91.9 cm³/mol. The standard InChI is InChI=1S/C16H21BrN2OS/c1-3-13(18)8-11-7-12(17)5-6-15(11)20-9-14-10-21-16(4-2)19-14/h5-7,10,13H,3-4,8-9,18H2,1-2H3. The first-order valence-electron chi connectivity index (χ1n) is 7.22. The molecule has 2 N–H and O–H groups in total. The number of thiazole rings is 1. The molecule has 0 aliphatic rings. The molecule has 5 heteroatoms. The second-order valence-electron chi connectivity index (χ2n) is 5.00. The third-order valence-electron chi connectivity index (χ3n) is 3.31. The number of nitrogens with zero attached hydrogens (tertiary/aromatic N) is 1. The van der Waals surface area contributed by atoms with Gasteiger partial charge in [0, 0.05) is 15.9 Å². The van der Waals surface area contributed by atoms with Crippen LogP contribution in [0, 0.1) is 0 Å². The fourth-order valence-electron chi connectivity index (χ4n) is 2.00. The summed E-state index contributed by atoms with van der Waals surface area (Å²) in [5, 5.41) is 3.22. The fourth-order valence-corrected chi connectivity index (χ4v) is 3.14. The monoisotopic (exact) mass is 368 g/mol. The molecule has 3 nitrogen and oxygen atoms in total. The normalized spacial score (nSPS) is 12.4. The summed E-state index contributed by atoms with van der Waals surface area (Å²) in [6.45, 7) is 4.72. The number of ether oxygens (including phenoxy) is 1. The zero-order valence-electron chi connectivity index (χ0n) is 12.4. The Kier molecular flexibility index (Phi) is 6.21. The van der Waals surface area contributed by atoms with Gasteiger partial charge in [0.15, 0.2) is 0 Å². The van der Waals surface area contributed by atoms with Gasteiger partial charge in [-0.2, -0.15) is 0 Å². The van der Waals surface area contributed by atoms with Crippen molar-refractivity contribution in [3.63, 3.8) is 0 Å². The Morgan fingerprint density at radius 1 is 1.38 bits per heavy atom. The molecular formula is C16H21BrN2OS. The van der Waals surface area contributed by atoms with Crippen molar-refractivity contribution in [1.82, 2.24) is 4.98 Å². The van der Waals surface area contributed by atoms with Crippen molar-refractivity contribution in [1.29, 1.82) is 0 Å². The Bertz CT molecular complexity index is 585. The van der Waals surface area contributed by atoms with E-state index < -0.39 is 0 Å². The van der Waals surface area contributed by atoms with Gasteiger partial charge in [0.05, 0.1) is 10.7 Å². The first kappa shape index (κ1) is 16.5. The summed E-state index contributed by atoms with van der Waals surface area (Å²) in [6.07, 6.45) is 2.75. The first-order valence-corrected chi connectivity index (χ1v) is 8.89. The van der Waals surface area contributed by atoms with Crippen molar-refractivity contribution in [2.75, 3.05) is 0 Å². The number of aryl methyl sites for hydroxylation is 1. The lowest BCUT2D eigenvalue weighted by Crippen LogP contribution is -2.21. The molecule has 1 unspecified atom stereocenters. The largest absolute Gasteiger partial charge is 0.487 e. The maximum absolute atomic E-state index is 6.07. The summed E-state index contributed by atoms with van der Waals surface area (Å²) >= 11 is 5.20. The highest BCUT2D eigenvalue weighted by atomic mass is 79.9. The number of halogens is 1. The highest BCUT2D eigenvalue weighted by Gasteiger charge is 2.10. The van der Waals surface area contributed by atoms with E-state index >= 15 is 0 Å². The molecule has 0 spiro atoms. The van der Waals surface area contributed by atoms with Crippen molar-refractivity contribution >= 4 is 27.3 Å². The summed E-state index contributed by atoms with van der Waals surface area (Å²) in [6, 6.07) is 6.24. The Morgan fingerprint density at radius 2 is 2.19 bits per heavy atom. The van der Waals surface area contributed by atoms with Crippen LogP contribution in [0.15, 0.2) is 28.1 Å². The molecule has 1 aromatic carbocycles. The SMILES string of the molecule is CCc1nc(COc2ccc(Br)cc2CC(N)CC)cs1. The number of aromatic nitrogens is 1. The van der Waals surface area contributed by atoms with Crippen molar-refractivity contribution < 1.29 is 4.74 Å². The van der Waals surface area contributed by atoms with Crippen LogP contribution in [0.2, 0.25) is 0 Å². The second kappa shape index (κ2) is 7.92. The van der Waals surface area contributed by atoms with Gasteiger partial charge in [-0.1, -0.05) is 29.8 Å². The van der Waals surface area contributed by atoms with E-state index in [2.05, 4.69) is 46.2 Å². The van der Waals surface area contributed by atoms with Crippen molar-refractivity contribution in [2.45, 2.75) is 45.8 Å². The molecular weight excluding hydrogens is 348 g/mol. The number of hydrogen-bond acceptors (Lipinski definition) is 4. The molecule has 0 aliphatic heterocycles. The number of rotatable bonds is 7. The summed E-state index contributed by atoms with van der Waals surface area (Å²) in [5.74, 6) is 0.896. The van der Waals surface area contributed by atoms with Crippen LogP contribution in [0.3, 0.4) is 0 Å². The van der Waals surface area contributed by atoms with E-state index in [4.69, 9.17) is 10.5 Å². The molecule has 114 valence electrons. The molecule has 1 aromatic heterocycles. The van der Waals surface area contributed by atoms with Gasteiger partial charge in [-0.05, 0) is 43.0 Å². The molecule has 2 rings (SSSR count). The van der Waals surface area contributed by atoms with E-state index in [1.165, 1.54) is 0 Å². The number of nitrogens with two attached hydrogens (primary N) is 1. The molecule has 21 heavy (non-hydrogen) atoms. The van der Waals surface area contributed by atoms with E-state index in [1.807, 2.05) is 12.1 Å². The lowest BCUT2D eigenvalue weighted by atomic mass is 10.0. The minimum absolute atomic E-state index is 0.160. The summed E-state index contributed by atoms with van der Waals surface area (Å²) in [4.78, 5) is 4.53. The topological polar surface area (TPSA) is 48.1 Å². The third-order valence-corrected chi connectivity index (χ3v) is 4.84. The Balaban J connectivity index is 2.07. The fraction of sp³-hybridized carbons (Fsp3) is 0.438. The lowest BCUT2D eigenvalue weighted by molar-refractivity contribution is 0.298. The van der Waals surface area contributed by atoms with Gasteiger partial charge >= 0.3 is 0 Å². The molecule has 0 bridgehead atoms. The minimum Gasteiger partial charge on any atom is -0.487 e. The Morgan fingerprint density at radius 3 is 2.86 bits per heavy atom. The van der Waals surface area contributed by atoms with Crippen molar-refractivity contribution in [3.05, 3.63) is 44.3 Å². The van der Waals surface area contributed by atoms with Crippen LogP contribution in [0.25, 0.3) is 0 Å². The molecule has 1 atom stereocenters. The second-order valence-corrected chi connectivity index (χ2v) is 6.86. The molecule has 0 radical (unpaired) electrons. The first-order chi connectivity index (χ1) is 10.1. The van der Waals surface area contributed by atoms with Crippen molar-refractivity contribution in [2.24, 2.45) is 5.73 Å². The van der Waals surface area contributed by atoms with Crippen LogP contribution in [-0.4, -0.2) is 11.0 Å². The smallest absolute Gasteiger partial charge is 0.131 e. The predicted octanol–water partition coefficient (Wildman–Crippen LogP) is 4.33. The molecule has 0 fully saturated rings. The zero-order chi connectivity index (χ0) is 15.2. The van der Waals surface area contributed by atoms with Gasteiger partial charge in [-0.3, -0.25) is 0 Å². The van der Waals surface area contributed by atoms with E-state index in [0.717, 1.165) is 45.7 Å². The minimum atomic E-state index is 0.160. The highest BCUT2D eigenvalue weighted by Crippen LogP contribution is 2.25. The zero-order valence-corrected chi connectivity index (χ0v) is 14.8. The molecule has 0 amide bonds. The van der Waals surface area contributed by atoms with Crippen LogP contribution in [0.1, 0.15) is 36.5 Å². The van der Waals surface area contributed by atoms with Gasteiger partial charge in [0.25, 0.3) is 0 Å². The molecule has 2 aromatic rings. The average molecular weight is 369 g/mol. The van der Waals surface area contributed by atoms with Crippen molar-refractivity contribution in [3.8, 4) is 5.75 Å². The highest BCUT2D eigenvalue weighted by molar-refractivity contribution is 9.10. The van der Waals surface area contributed by atoms with E-state index in [-0.39, 0.29) is 6.04 Å². The number of benzene rings is 1. The molecule has 1 heterocycles. The Labute approximate surface area is 138 Å². The van der Waals surface area contributed by atoms with E-state index in [1.54, 1.807) is 11.3 Å². The van der Waals surface area contributed by atoms with E-state index in [0.29, 0.717) is 6.61 Å². The quantitative estimate of drug-likeness (QED) is 0.790. The Hall–Kier alpha value is -0.910. The van der Waals surface area contributed by atoms with Gasteiger partial charge < -0.3 is 10.5 Å². The van der Waals surface area contributed by atoms with Crippen LogP contribution in [-0.2, 0) is 19.4 Å². The van der Waals surface area contributed by atoms with Gasteiger partial charge in [0.1, 0.15) is 12.4 Å².